The molecule has 0 radical (unpaired) electrons. The van der Waals surface area contributed by atoms with Gasteiger partial charge < -0.3 is 0 Å². The van der Waals surface area contributed by atoms with Gasteiger partial charge in [-0.05, 0) is 12.1 Å². The lowest BCUT2D eigenvalue weighted by Gasteiger charge is -2.01. The standard InChI is InChI=1S/C15H11N3O/c16-11-14(12-7-3-1-4-8-12)17-18-15(19)13-9-5-2-6-10-13/h1-10H,(H,18,19)/b17-14-. The smallest absolute Gasteiger partial charge is 0.267 e. The Hall–Kier alpha value is -2.93. The second-order valence-corrected chi connectivity index (χ2v) is 3.75. The summed E-state index contributed by atoms with van der Waals surface area (Å²) in [6.07, 6.45) is 0. The molecular weight excluding hydrogens is 238 g/mol. The first-order valence-corrected chi connectivity index (χ1v) is 5.70. The third-order valence-electron chi connectivity index (χ3n) is 2.46. The van der Waals surface area contributed by atoms with Crippen molar-refractivity contribution < 1.29 is 4.79 Å². The highest BCUT2D eigenvalue weighted by atomic mass is 16.2. The minimum Gasteiger partial charge on any atom is -0.267 e. The predicted molar refractivity (Wildman–Crippen MR) is 72.5 cm³/mol. The van der Waals surface area contributed by atoms with Gasteiger partial charge in [-0.3, -0.25) is 4.79 Å². The SMILES string of the molecule is N#C/C(=N/NC(=O)c1ccccc1)c1ccccc1. The van der Waals surface area contributed by atoms with E-state index < -0.39 is 0 Å². The number of nitriles is 1. The number of carbonyl (C=O) groups is 1. The largest absolute Gasteiger partial charge is 0.271 e. The quantitative estimate of drug-likeness (QED) is 0.670. The summed E-state index contributed by atoms with van der Waals surface area (Å²) in [4.78, 5) is 11.8. The third-order valence-corrected chi connectivity index (χ3v) is 2.46. The topological polar surface area (TPSA) is 65.2 Å². The van der Waals surface area contributed by atoms with Crippen molar-refractivity contribution >= 4 is 11.6 Å². The maximum Gasteiger partial charge on any atom is 0.271 e. The van der Waals surface area contributed by atoms with Crippen LogP contribution in [0.4, 0.5) is 0 Å². The molecule has 0 fully saturated rings. The molecule has 0 aliphatic carbocycles. The van der Waals surface area contributed by atoms with Gasteiger partial charge in [0.25, 0.3) is 5.91 Å². The van der Waals surface area contributed by atoms with Crippen molar-refractivity contribution in [1.82, 2.24) is 5.43 Å². The number of nitrogens with zero attached hydrogens (tertiary/aromatic N) is 2. The van der Waals surface area contributed by atoms with Crippen LogP contribution in [0.25, 0.3) is 0 Å². The number of amides is 1. The van der Waals surface area contributed by atoms with Crippen molar-refractivity contribution in [1.29, 1.82) is 5.26 Å². The van der Waals surface area contributed by atoms with Gasteiger partial charge in [-0.1, -0.05) is 48.5 Å². The van der Waals surface area contributed by atoms with Crippen LogP contribution in [0.3, 0.4) is 0 Å². The second kappa shape index (κ2) is 6.12. The van der Waals surface area contributed by atoms with Crippen LogP contribution in [0.5, 0.6) is 0 Å². The molecule has 0 aliphatic rings. The Kier molecular flexibility index (Phi) is 4.04. The summed E-state index contributed by atoms with van der Waals surface area (Å²) in [5.74, 6) is -0.343. The first kappa shape index (κ1) is 12.5. The molecule has 0 aliphatic heterocycles. The van der Waals surface area contributed by atoms with Crippen molar-refractivity contribution in [3.05, 3.63) is 71.8 Å². The van der Waals surface area contributed by atoms with Crippen LogP contribution < -0.4 is 5.43 Å². The van der Waals surface area contributed by atoms with E-state index in [9.17, 15) is 4.79 Å². The second-order valence-electron chi connectivity index (χ2n) is 3.75. The van der Waals surface area contributed by atoms with Crippen molar-refractivity contribution in [2.75, 3.05) is 0 Å². The molecule has 4 heteroatoms. The highest BCUT2D eigenvalue weighted by Crippen LogP contribution is 2.01. The van der Waals surface area contributed by atoms with Gasteiger partial charge in [-0.15, -0.1) is 0 Å². The minimum atomic E-state index is -0.343. The zero-order valence-electron chi connectivity index (χ0n) is 10.1. The number of benzene rings is 2. The zero-order valence-corrected chi connectivity index (χ0v) is 10.1. The molecule has 0 saturated heterocycles. The van der Waals surface area contributed by atoms with Gasteiger partial charge in [-0.25, -0.2) is 5.43 Å². The monoisotopic (exact) mass is 249 g/mol. The number of carbonyl (C=O) groups excluding carboxylic acids is 1. The number of nitrogens with one attached hydrogen (secondary N) is 1. The van der Waals surface area contributed by atoms with Gasteiger partial charge in [0.2, 0.25) is 0 Å². The van der Waals surface area contributed by atoms with Crippen LogP contribution >= 0.6 is 0 Å². The van der Waals surface area contributed by atoms with E-state index in [1.807, 2.05) is 18.2 Å². The molecule has 2 aromatic rings. The predicted octanol–water partition coefficient (Wildman–Crippen LogP) is 2.34. The van der Waals surface area contributed by atoms with Gasteiger partial charge in [0.15, 0.2) is 5.71 Å². The van der Waals surface area contributed by atoms with Crippen molar-refractivity contribution in [3.63, 3.8) is 0 Å². The molecule has 0 unspecified atom stereocenters. The lowest BCUT2D eigenvalue weighted by molar-refractivity contribution is 0.0955. The molecule has 2 aromatic carbocycles. The molecule has 0 heterocycles. The summed E-state index contributed by atoms with van der Waals surface area (Å²) in [5.41, 5.74) is 3.71. The molecule has 4 nitrogen and oxygen atoms in total. The zero-order chi connectivity index (χ0) is 13.5. The molecule has 0 saturated carbocycles. The molecule has 1 N–H and O–H groups in total. The van der Waals surface area contributed by atoms with E-state index in [4.69, 9.17) is 5.26 Å². The first-order chi connectivity index (χ1) is 9.31. The molecule has 0 atom stereocenters. The fraction of sp³-hybridized carbons (Fsp3) is 0. The lowest BCUT2D eigenvalue weighted by Crippen LogP contribution is -2.19. The molecule has 0 spiro atoms. The maximum absolute atomic E-state index is 11.8. The van der Waals surface area contributed by atoms with Gasteiger partial charge in [0.1, 0.15) is 6.07 Å². The summed E-state index contributed by atoms with van der Waals surface area (Å²) >= 11 is 0. The first-order valence-electron chi connectivity index (χ1n) is 5.70. The highest BCUT2D eigenvalue weighted by molar-refractivity contribution is 6.12. The maximum atomic E-state index is 11.8. The fourth-order valence-electron chi connectivity index (χ4n) is 1.51. The summed E-state index contributed by atoms with van der Waals surface area (Å²) in [6, 6.07) is 19.7. The Balaban J connectivity index is 2.14. The normalized spacial score (nSPS) is 10.6. The Morgan fingerprint density at radius 2 is 1.47 bits per heavy atom. The Morgan fingerprint density at radius 3 is 2.00 bits per heavy atom. The van der Waals surface area contributed by atoms with Crippen LogP contribution in [-0.4, -0.2) is 11.6 Å². The summed E-state index contributed by atoms with van der Waals surface area (Å²) in [6.45, 7) is 0. The van der Waals surface area contributed by atoms with Gasteiger partial charge in [0, 0.05) is 11.1 Å². The van der Waals surface area contributed by atoms with Crippen molar-refractivity contribution in [2.45, 2.75) is 0 Å². The Labute approximate surface area is 111 Å². The summed E-state index contributed by atoms with van der Waals surface area (Å²) in [5, 5.41) is 12.9. The molecule has 19 heavy (non-hydrogen) atoms. The summed E-state index contributed by atoms with van der Waals surface area (Å²) < 4.78 is 0. The van der Waals surface area contributed by atoms with Crippen LogP contribution in [0.15, 0.2) is 65.8 Å². The van der Waals surface area contributed by atoms with Crippen LogP contribution in [-0.2, 0) is 0 Å². The van der Waals surface area contributed by atoms with E-state index in [2.05, 4.69) is 10.5 Å². The number of hydrogen-bond donors (Lipinski definition) is 1. The van der Waals surface area contributed by atoms with Gasteiger partial charge >= 0.3 is 0 Å². The van der Waals surface area contributed by atoms with Gasteiger partial charge in [-0.2, -0.15) is 10.4 Å². The van der Waals surface area contributed by atoms with E-state index in [1.54, 1.807) is 48.5 Å². The van der Waals surface area contributed by atoms with Crippen LogP contribution in [0.2, 0.25) is 0 Å². The summed E-state index contributed by atoms with van der Waals surface area (Å²) in [7, 11) is 0. The number of rotatable bonds is 3. The average molecular weight is 249 g/mol. The van der Waals surface area contributed by atoms with Crippen LogP contribution in [0.1, 0.15) is 15.9 Å². The fourth-order valence-corrected chi connectivity index (χ4v) is 1.51. The molecule has 1 amide bonds. The van der Waals surface area contributed by atoms with E-state index in [-0.39, 0.29) is 11.6 Å². The number of hydrazone groups is 1. The van der Waals surface area contributed by atoms with Crippen molar-refractivity contribution in [2.24, 2.45) is 5.10 Å². The van der Waals surface area contributed by atoms with E-state index in [0.717, 1.165) is 0 Å². The molecule has 0 bridgehead atoms. The van der Waals surface area contributed by atoms with E-state index >= 15 is 0 Å². The minimum absolute atomic E-state index is 0.171. The highest BCUT2D eigenvalue weighted by Gasteiger charge is 2.05. The average Bonchev–Trinajstić information content (AvgIpc) is 2.49. The lowest BCUT2D eigenvalue weighted by atomic mass is 10.1. The van der Waals surface area contributed by atoms with Crippen molar-refractivity contribution in [3.8, 4) is 6.07 Å². The van der Waals surface area contributed by atoms with Crippen LogP contribution in [0, 0.1) is 11.3 Å². The Morgan fingerprint density at radius 1 is 0.947 bits per heavy atom. The van der Waals surface area contributed by atoms with Gasteiger partial charge in [0.05, 0.1) is 0 Å². The van der Waals surface area contributed by atoms with E-state index in [1.165, 1.54) is 0 Å². The Bertz CT molecular complexity index is 627. The number of hydrogen-bond acceptors (Lipinski definition) is 3. The molecule has 0 aromatic heterocycles. The molecular formula is C15H11N3O. The van der Waals surface area contributed by atoms with E-state index in [0.29, 0.717) is 11.1 Å². The molecule has 92 valence electrons. The molecule has 2 rings (SSSR count). The third kappa shape index (κ3) is 3.27.